The third-order valence-corrected chi connectivity index (χ3v) is 4.09. The summed E-state index contributed by atoms with van der Waals surface area (Å²) in [5.41, 5.74) is 2.18. The van der Waals surface area contributed by atoms with Gasteiger partial charge in [-0.3, -0.25) is 4.79 Å². The summed E-state index contributed by atoms with van der Waals surface area (Å²) in [4.78, 5) is 11.1. The van der Waals surface area contributed by atoms with E-state index in [4.69, 9.17) is 9.84 Å². The molecule has 1 aromatic heterocycles. The van der Waals surface area contributed by atoms with Crippen molar-refractivity contribution >= 4 is 16.9 Å². The van der Waals surface area contributed by atoms with Crippen molar-refractivity contribution in [2.45, 2.75) is 12.5 Å². The summed E-state index contributed by atoms with van der Waals surface area (Å²) in [6.45, 7) is 0.521. The summed E-state index contributed by atoms with van der Waals surface area (Å²) >= 11 is 0. The largest absolute Gasteiger partial charge is 0.496 e. The molecule has 0 amide bonds. The zero-order valence-corrected chi connectivity index (χ0v) is 11.6. The highest BCUT2D eigenvalue weighted by atomic mass is 16.5. The number of carboxylic acids is 1. The minimum Gasteiger partial charge on any atom is -0.496 e. The lowest BCUT2D eigenvalue weighted by atomic mass is 9.99. The molecule has 106 valence electrons. The van der Waals surface area contributed by atoms with Crippen LogP contribution < -0.4 is 10.1 Å². The fourth-order valence-electron chi connectivity index (χ4n) is 2.91. The van der Waals surface area contributed by atoms with E-state index in [1.54, 1.807) is 7.11 Å². The number of fused-ring (bicyclic) bond motifs is 1. The number of benzene rings is 1. The maximum Gasteiger partial charge on any atom is 0.307 e. The molecule has 2 N–H and O–H groups in total. The van der Waals surface area contributed by atoms with Gasteiger partial charge in [-0.25, -0.2) is 0 Å². The van der Waals surface area contributed by atoms with Crippen molar-refractivity contribution in [2.75, 3.05) is 13.7 Å². The molecule has 0 saturated carbocycles. The van der Waals surface area contributed by atoms with E-state index in [2.05, 4.69) is 11.4 Å². The van der Waals surface area contributed by atoms with Gasteiger partial charge in [-0.15, -0.1) is 0 Å². The highest BCUT2D eigenvalue weighted by Gasteiger charge is 2.30. The predicted octanol–water partition coefficient (Wildman–Crippen LogP) is 1.92. The van der Waals surface area contributed by atoms with Gasteiger partial charge in [0, 0.05) is 31.2 Å². The van der Waals surface area contributed by atoms with Crippen molar-refractivity contribution in [2.24, 2.45) is 13.0 Å². The Morgan fingerprint density at radius 2 is 2.30 bits per heavy atom. The van der Waals surface area contributed by atoms with E-state index in [-0.39, 0.29) is 12.0 Å². The molecule has 1 fully saturated rings. The second-order valence-corrected chi connectivity index (χ2v) is 5.31. The average molecular weight is 274 g/mol. The highest BCUT2D eigenvalue weighted by molar-refractivity contribution is 5.87. The quantitative estimate of drug-likeness (QED) is 0.897. The lowest BCUT2D eigenvalue weighted by Gasteiger charge is -2.14. The minimum absolute atomic E-state index is 0.0734. The predicted molar refractivity (Wildman–Crippen MR) is 76.0 cm³/mol. The van der Waals surface area contributed by atoms with Gasteiger partial charge < -0.3 is 19.7 Å². The second-order valence-electron chi connectivity index (χ2n) is 5.31. The van der Waals surface area contributed by atoms with Crippen molar-refractivity contribution in [3.05, 3.63) is 30.0 Å². The van der Waals surface area contributed by atoms with Gasteiger partial charge in [0.05, 0.1) is 18.5 Å². The van der Waals surface area contributed by atoms with Crippen molar-refractivity contribution in [1.82, 2.24) is 9.88 Å². The summed E-state index contributed by atoms with van der Waals surface area (Å²) in [6.07, 6.45) is 2.62. The molecule has 1 saturated heterocycles. The number of aromatic nitrogens is 1. The Morgan fingerprint density at radius 3 is 2.95 bits per heavy atom. The molecule has 2 heterocycles. The van der Waals surface area contributed by atoms with Gasteiger partial charge in [0.1, 0.15) is 5.75 Å². The van der Waals surface area contributed by atoms with Gasteiger partial charge >= 0.3 is 5.97 Å². The number of aryl methyl sites for hydroxylation is 1. The first kappa shape index (κ1) is 13.0. The van der Waals surface area contributed by atoms with Crippen LogP contribution in [0, 0.1) is 5.92 Å². The number of carboxylic acid groups (broad SMARTS) is 1. The van der Waals surface area contributed by atoms with E-state index in [0.29, 0.717) is 13.0 Å². The fraction of sp³-hybridized carbons (Fsp3) is 0.400. The fourth-order valence-corrected chi connectivity index (χ4v) is 2.91. The molecule has 5 nitrogen and oxygen atoms in total. The van der Waals surface area contributed by atoms with Crippen LogP contribution in [0.4, 0.5) is 0 Å². The van der Waals surface area contributed by atoms with E-state index in [1.807, 2.05) is 29.9 Å². The van der Waals surface area contributed by atoms with Crippen LogP contribution in [0.15, 0.2) is 24.4 Å². The van der Waals surface area contributed by atoms with Crippen LogP contribution in [-0.4, -0.2) is 29.3 Å². The van der Waals surface area contributed by atoms with E-state index in [9.17, 15) is 4.79 Å². The summed E-state index contributed by atoms with van der Waals surface area (Å²) in [5, 5.41) is 13.5. The summed E-state index contributed by atoms with van der Waals surface area (Å²) in [5.74, 6) is -0.208. The van der Waals surface area contributed by atoms with Crippen molar-refractivity contribution in [3.63, 3.8) is 0 Å². The molecule has 0 bridgehead atoms. The van der Waals surface area contributed by atoms with Crippen LogP contribution >= 0.6 is 0 Å². The molecule has 0 spiro atoms. The topological polar surface area (TPSA) is 63.5 Å². The molecule has 20 heavy (non-hydrogen) atoms. The van der Waals surface area contributed by atoms with Crippen LogP contribution in [0.3, 0.4) is 0 Å². The molecule has 2 aromatic rings. The standard InChI is InChI=1S/C15H18N2O3/c1-17-4-3-11-13(17)6-9(7-14(11)20-2)12-5-10(8-16-12)15(18)19/h3-4,6-7,10,12,16H,5,8H2,1-2H3,(H,18,19). The van der Waals surface area contributed by atoms with E-state index in [0.717, 1.165) is 22.2 Å². The Hall–Kier alpha value is -2.01. The lowest BCUT2D eigenvalue weighted by Crippen LogP contribution is -2.17. The molecular weight excluding hydrogens is 256 g/mol. The number of ether oxygens (including phenoxy) is 1. The third kappa shape index (κ3) is 2.04. The van der Waals surface area contributed by atoms with Crippen molar-refractivity contribution in [3.8, 4) is 5.75 Å². The Labute approximate surface area is 117 Å². The summed E-state index contributed by atoms with van der Waals surface area (Å²) in [7, 11) is 3.65. The molecular formula is C15H18N2O3. The summed E-state index contributed by atoms with van der Waals surface area (Å²) in [6, 6.07) is 6.22. The molecule has 3 rings (SSSR count). The number of nitrogens with zero attached hydrogens (tertiary/aromatic N) is 1. The van der Waals surface area contributed by atoms with Gasteiger partial charge in [-0.1, -0.05) is 0 Å². The number of hydrogen-bond acceptors (Lipinski definition) is 3. The van der Waals surface area contributed by atoms with Crippen molar-refractivity contribution < 1.29 is 14.6 Å². The first-order valence-electron chi connectivity index (χ1n) is 6.69. The number of carbonyl (C=O) groups is 1. The monoisotopic (exact) mass is 274 g/mol. The van der Waals surface area contributed by atoms with Gasteiger partial charge in [0.25, 0.3) is 0 Å². The maximum absolute atomic E-state index is 11.1. The number of hydrogen-bond donors (Lipinski definition) is 2. The van der Waals surface area contributed by atoms with Gasteiger partial charge in [-0.2, -0.15) is 0 Å². The third-order valence-electron chi connectivity index (χ3n) is 4.09. The van der Waals surface area contributed by atoms with Crippen LogP contribution in [0.2, 0.25) is 0 Å². The van der Waals surface area contributed by atoms with E-state index < -0.39 is 5.97 Å². The number of rotatable bonds is 3. The smallest absolute Gasteiger partial charge is 0.307 e. The van der Waals surface area contributed by atoms with Gasteiger partial charge in [0.15, 0.2) is 0 Å². The average Bonchev–Trinajstić information content (AvgIpc) is 3.05. The Bertz CT molecular complexity index is 662. The zero-order valence-electron chi connectivity index (χ0n) is 11.6. The van der Waals surface area contributed by atoms with Crippen LogP contribution in [0.1, 0.15) is 18.0 Å². The number of aliphatic carboxylic acids is 1. The molecule has 5 heteroatoms. The van der Waals surface area contributed by atoms with Gasteiger partial charge in [-0.05, 0) is 30.2 Å². The molecule has 1 aliphatic heterocycles. The number of methoxy groups -OCH3 is 1. The Balaban J connectivity index is 2.00. The number of nitrogens with one attached hydrogen (secondary N) is 1. The zero-order chi connectivity index (χ0) is 14.3. The Kier molecular flexibility index (Phi) is 3.14. The van der Waals surface area contributed by atoms with Gasteiger partial charge in [0.2, 0.25) is 0 Å². The SMILES string of the molecule is COc1cc(C2CC(C(=O)O)CN2)cc2c1ccn2C. The lowest BCUT2D eigenvalue weighted by molar-refractivity contribution is -0.141. The van der Waals surface area contributed by atoms with E-state index in [1.165, 1.54) is 0 Å². The molecule has 1 aliphatic rings. The molecule has 0 aliphatic carbocycles. The van der Waals surface area contributed by atoms with E-state index >= 15 is 0 Å². The molecule has 0 radical (unpaired) electrons. The highest BCUT2D eigenvalue weighted by Crippen LogP contribution is 2.34. The molecule has 2 atom stereocenters. The van der Waals surface area contributed by atoms with Crippen LogP contribution in [-0.2, 0) is 11.8 Å². The van der Waals surface area contributed by atoms with Crippen LogP contribution in [0.25, 0.3) is 10.9 Å². The first-order chi connectivity index (χ1) is 9.60. The molecule has 1 aromatic carbocycles. The van der Waals surface area contributed by atoms with Crippen LogP contribution in [0.5, 0.6) is 5.75 Å². The molecule has 2 unspecified atom stereocenters. The first-order valence-corrected chi connectivity index (χ1v) is 6.69. The summed E-state index contributed by atoms with van der Waals surface area (Å²) < 4.78 is 7.50. The second kappa shape index (κ2) is 4.83. The maximum atomic E-state index is 11.1. The Morgan fingerprint density at radius 1 is 1.50 bits per heavy atom. The van der Waals surface area contributed by atoms with Crippen molar-refractivity contribution in [1.29, 1.82) is 0 Å². The minimum atomic E-state index is -0.730. The normalized spacial score (nSPS) is 22.3.